The Morgan fingerprint density at radius 1 is 1.06 bits per heavy atom. The van der Waals surface area contributed by atoms with E-state index in [1.54, 1.807) is 35.2 Å². The molecule has 1 aliphatic carbocycles. The number of morpholine rings is 1. The molecule has 1 saturated carbocycles. The van der Waals surface area contributed by atoms with Crippen LogP contribution >= 0.6 is 0 Å². The molecule has 9 heteroatoms. The van der Waals surface area contributed by atoms with E-state index in [0.717, 1.165) is 6.42 Å². The average molecular weight is 500 g/mol. The van der Waals surface area contributed by atoms with E-state index in [1.807, 2.05) is 0 Å². The maximum absolute atomic E-state index is 13.1. The molecule has 2 aromatic carbocycles. The molecule has 4 rings (SSSR count). The highest BCUT2D eigenvalue weighted by molar-refractivity contribution is 7.91. The molecule has 2 aliphatic rings. The van der Waals surface area contributed by atoms with Gasteiger partial charge in [0.15, 0.2) is 9.84 Å². The van der Waals surface area contributed by atoms with Crippen LogP contribution in [0.5, 0.6) is 0 Å². The highest BCUT2D eigenvalue weighted by Gasteiger charge is 2.38. The van der Waals surface area contributed by atoms with Crippen molar-refractivity contribution in [1.82, 2.24) is 15.5 Å². The molecule has 3 atom stereocenters. The third-order valence-corrected chi connectivity index (χ3v) is 8.17. The van der Waals surface area contributed by atoms with Crippen molar-refractivity contribution in [2.24, 2.45) is 0 Å². The van der Waals surface area contributed by atoms with Crippen LogP contribution in [0.4, 0.5) is 0 Å². The van der Waals surface area contributed by atoms with Gasteiger partial charge in [-0.25, -0.2) is 8.42 Å². The lowest BCUT2D eigenvalue weighted by Crippen LogP contribution is -2.54. The van der Waals surface area contributed by atoms with E-state index in [-0.39, 0.29) is 11.8 Å². The predicted molar refractivity (Wildman–Crippen MR) is 134 cm³/mol. The number of carbonyl (C=O) groups is 2. The second-order valence-electron chi connectivity index (χ2n) is 9.26. The number of nitrogens with zero attached hydrogens (tertiary/aromatic N) is 1. The molecule has 8 nitrogen and oxygen atoms in total. The molecular formula is C26H33N3O5S. The van der Waals surface area contributed by atoms with E-state index < -0.39 is 33.4 Å². The van der Waals surface area contributed by atoms with E-state index in [1.165, 1.54) is 11.1 Å². The van der Waals surface area contributed by atoms with Crippen LogP contribution < -0.4 is 10.6 Å². The van der Waals surface area contributed by atoms with E-state index in [9.17, 15) is 18.0 Å². The van der Waals surface area contributed by atoms with E-state index in [2.05, 4.69) is 41.8 Å². The van der Waals surface area contributed by atoms with Crippen LogP contribution in [0.1, 0.15) is 33.8 Å². The number of hydrogen-bond donors (Lipinski definition) is 2. The number of ether oxygens (including phenoxy) is 1. The monoisotopic (exact) mass is 499 g/mol. The number of benzene rings is 2. The van der Waals surface area contributed by atoms with Gasteiger partial charge in [0.25, 0.3) is 5.91 Å². The molecule has 0 spiro atoms. The van der Waals surface area contributed by atoms with Gasteiger partial charge in [0.05, 0.1) is 24.7 Å². The predicted octanol–water partition coefficient (Wildman–Crippen LogP) is 1.51. The Hall–Kier alpha value is -2.75. The Bertz CT molecular complexity index is 1120. The summed E-state index contributed by atoms with van der Waals surface area (Å²) in [6.45, 7) is 3.90. The molecular weight excluding hydrogens is 466 g/mol. The normalized spacial score (nSPS) is 20.8. The topological polar surface area (TPSA) is 105 Å². The summed E-state index contributed by atoms with van der Waals surface area (Å²) in [5, 5.41) is 5.99. The van der Waals surface area contributed by atoms with Crippen molar-refractivity contribution in [3.05, 3.63) is 71.3 Å². The number of sulfone groups is 1. The van der Waals surface area contributed by atoms with Crippen molar-refractivity contribution >= 4 is 21.7 Å². The molecule has 188 valence electrons. The lowest BCUT2D eigenvalue weighted by molar-refractivity contribution is -0.136. The van der Waals surface area contributed by atoms with Crippen molar-refractivity contribution in [3.8, 4) is 0 Å². The molecule has 2 amide bonds. The second-order valence-corrected chi connectivity index (χ2v) is 11.5. The highest BCUT2D eigenvalue weighted by Crippen LogP contribution is 2.40. The summed E-state index contributed by atoms with van der Waals surface area (Å²) in [6, 6.07) is 16.0. The van der Waals surface area contributed by atoms with Crippen molar-refractivity contribution < 1.29 is 22.7 Å². The van der Waals surface area contributed by atoms with Gasteiger partial charge in [-0.1, -0.05) is 48.0 Å². The minimum atomic E-state index is -3.60. The molecule has 1 heterocycles. The molecule has 0 bridgehead atoms. The molecule has 2 N–H and O–H groups in total. The van der Waals surface area contributed by atoms with Gasteiger partial charge in [0.1, 0.15) is 6.04 Å². The number of rotatable bonds is 10. The molecule has 0 radical (unpaired) electrons. The quantitative estimate of drug-likeness (QED) is 0.514. The minimum Gasteiger partial charge on any atom is -0.378 e. The SMILES string of the molecule is Cc1ccc([C@@H]2CC2NCCS(=O)(=O)C[C@@H](NC(=O)c2ccccc2)C(=O)N2CCOCC2)cc1. The van der Waals surface area contributed by atoms with Crippen LogP contribution in [0.25, 0.3) is 0 Å². The molecule has 35 heavy (non-hydrogen) atoms. The van der Waals surface area contributed by atoms with Crippen LogP contribution in [0, 0.1) is 6.92 Å². The third kappa shape index (κ3) is 7.13. The summed E-state index contributed by atoms with van der Waals surface area (Å²) in [6.07, 6.45) is 0.981. The van der Waals surface area contributed by atoms with Gasteiger partial charge in [-0.05, 0) is 31.0 Å². The zero-order valence-electron chi connectivity index (χ0n) is 20.0. The van der Waals surface area contributed by atoms with Crippen LogP contribution in [0.15, 0.2) is 54.6 Å². The van der Waals surface area contributed by atoms with Gasteiger partial charge in [-0.3, -0.25) is 9.59 Å². The summed E-state index contributed by atoms with van der Waals surface area (Å²) in [4.78, 5) is 27.4. The summed E-state index contributed by atoms with van der Waals surface area (Å²) in [5.74, 6) is -0.993. The maximum Gasteiger partial charge on any atom is 0.251 e. The Morgan fingerprint density at radius 2 is 1.74 bits per heavy atom. The van der Waals surface area contributed by atoms with E-state index in [4.69, 9.17) is 4.74 Å². The summed E-state index contributed by atoms with van der Waals surface area (Å²) < 4.78 is 31.2. The standard InChI is InChI=1S/C26H33N3O5S/c1-19-7-9-20(10-8-19)22-17-23(22)27-11-16-35(32,33)18-24(26(31)29-12-14-34-15-13-29)28-25(30)21-5-3-2-4-6-21/h2-10,22-24,27H,11-18H2,1H3,(H,28,30)/t22-,23?,24+/m0/s1. The number of carbonyl (C=O) groups excluding carboxylic acids is 2. The van der Waals surface area contributed by atoms with Crippen molar-refractivity contribution in [1.29, 1.82) is 0 Å². The number of amides is 2. The Labute approximate surface area is 207 Å². The van der Waals surface area contributed by atoms with Crippen LogP contribution in [-0.4, -0.2) is 81.6 Å². The summed E-state index contributed by atoms with van der Waals surface area (Å²) in [5.41, 5.74) is 2.85. The Kier molecular flexibility index (Phi) is 8.20. The Balaban J connectivity index is 1.34. The first-order valence-corrected chi connectivity index (χ1v) is 13.9. The highest BCUT2D eigenvalue weighted by atomic mass is 32.2. The largest absolute Gasteiger partial charge is 0.378 e. The van der Waals surface area contributed by atoms with Gasteiger partial charge in [-0.15, -0.1) is 0 Å². The fraction of sp³-hybridized carbons (Fsp3) is 0.462. The molecule has 0 aromatic heterocycles. The van der Waals surface area contributed by atoms with Crippen molar-refractivity contribution in [3.63, 3.8) is 0 Å². The summed E-state index contributed by atoms with van der Waals surface area (Å²) >= 11 is 0. The minimum absolute atomic E-state index is 0.0990. The fourth-order valence-electron chi connectivity index (χ4n) is 4.35. The van der Waals surface area contributed by atoms with Crippen molar-refractivity contribution in [2.45, 2.75) is 31.3 Å². The summed E-state index contributed by atoms with van der Waals surface area (Å²) in [7, 11) is -3.60. The first-order chi connectivity index (χ1) is 16.8. The van der Waals surface area contributed by atoms with Crippen LogP contribution in [0.2, 0.25) is 0 Å². The molecule has 2 aromatic rings. The average Bonchev–Trinajstić information content (AvgIpc) is 3.64. The fourth-order valence-corrected chi connectivity index (χ4v) is 5.68. The Morgan fingerprint density at radius 3 is 2.43 bits per heavy atom. The smallest absolute Gasteiger partial charge is 0.251 e. The van der Waals surface area contributed by atoms with Gasteiger partial charge >= 0.3 is 0 Å². The number of hydrogen-bond acceptors (Lipinski definition) is 6. The van der Waals surface area contributed by atoms with Gasteiger partial charge in [0.2, 0.25) is 5.91 Å². The zero-order valence-corrected chi connectivity index (χ0v) is 20.8. The van der Waals surface area contributed by atoms with E-state index in [0.29, 0.717) is 44.3 Å². The zero-order chi connectivity index (χ0) is 24.8. The lowest BCUT2D eigenvalue weighted by Gasteiger charge is -2.30. The third-order valence-electron chi connectivity index (χ3n) is 6.50. The number of nitrogens with one attached hydrogen (secondary N) is 2. The number of aryl methyl sites for hydroxylation is 1. The van der Waals surface area contributed by atoms with Gasteiger partial charge in [-0.2, -0.15) is 0 Å². The van der Waals surface area contributed by atoms with Gasteiger partial charge in [0, 0.05) is 37.2 Å². The molecule has 2 fully saturated rings. The maximum atomic E-state index is 13.1. The van der Waals surface area contributed by atoms with E-state index >= 15 is 0 Å². The van der Waals surface area contributed by atoms with Crippen LogP contribution in [-0.2, 0) is 19.4 Å². The van der Waals surface area contributed by atoms with Gasteiger partial charge < -0.3 is 20.3 Å². The lowest BCUT2D eigenvalue weighted by atomic mass is 10.1. The second kappa shape index (κ2) is 11.3. The molecule has 1 unspecified atom stereocenters. The molecule has 1 saturated heterocycles. The first-order valence-electron chi connectivity index (χ1n) is 12.1. The van der Waals surface area contributed by atoms with Crippen molar-refractivity contribution in [2.75, 3.05) is 44.4 Å². The van der Waals surface area contributed by atoms with Crippen LogP contribution in [0.3, 0.4) is 0 Å². The molecule has 1 aliphatic heterocycles. The first kappa shape index (κ1) is 25.3.